The van der Waals surface area contributed by atoms with E-state index >= 15 is 0 Å². The number of nitrogens with two attached hydrogens (primary N) is 1. The molecular weight excluding hydrogens is 430 g/mol. The molecule has 0 aliphatic carbocycles. The Balaban J connectivity index is 1.35. The number of ether oxygens (including phenoxy) is 1. The van der Waals surface area contributed by atoms with Crippen molar-refractivity contribution in [3.8, 4) is 17.0 Å². The highest BCUT2D eigenvalue weighted by Gasteiger charge is 2.25. The lowest BCUT2D eigenvalue weighted by Crippen LogP contribution is -2.42. The minimum Gasteiger partial charge on any atom is -0.489 e. The first-order valence-electron chi connectivity index (χ1n) is 11.6. The molecule has 0 saturated carbocycles. The monoisotopic (exact) mass is 461 g/mol. The fraction of sp³-hybridized carbons (Fsp3) is 0.385. The number of piperidine rings is 1. The summed E-state index contributed by atoms with van der Waals surface area (Å²) in [4.78, 5) is 28.2. The number of rotatable bonds is 7. The van der Waals surface area contributed by atoms with Gasteiger partial charge in [-0.15, -0.1) is 0 Å². The summed E-state index contributed by atoms with van der Waals surface area (Å²) in [7, 11) is 1.73. The Bertz CT molecular complexity index is 1160. The van der Waals surface area contributed by atoms with Crippen LogP contribution in [0.2, 0.25) is 0 Å². The summed E-state index contributed by atoms with van der Waals surface area (Å²) in [6.45, 7) is 5.56. The molecule has 178 valence electrons. The average molecular weight is 462 g/mol. The minimum absolute atomic E-state index is 0.0881. The lowest BCUT2D eigenvalue weighted by molar-refractivity contribution is -0.132. The summed E-state index contributed by atoms with van der Waals surface area (Å²) in [5, 5.41) is 8.34. The molecule has 8 heteroatoms. The predicted molar refractivity (Wildman–Crippen MR) is 129 cm³/mol. The van der Waals surface area contributed by atoms with E-state index in [9.17, 15) is 9.59 Å². The maximum absolute atomic E-state index is 12.8. The van der Waals surface area contributed by atoms with Crippen molar-refractivity contribution in [3.63, 3.8) is 0 Å². The van der Waals surface area contributed by atoms with Gasteiger partial charge in [0.05, 0.1) is 18.2 Å². The molecule has 0 bridgehead atoms. The van der Waals surface area contributed by atoms with Crippen LogP contribution in [0.3, 0.4) is 0 Å². The summed E-state index contributed by atoms with van der Waals surface area (Å²) < 4.78 is 6.15. The van der Waals surface area contributed by atoms with Gasteiger partial charge >= 0.3 is 0 Å². The fourth-order valence-electron chi connectivity index (χ4n) is 4.17. The lowest BCUT2D eigenvalue weighted by atomic mass is 10.0. The van der Waals surface area contributed by atoms with Gasteiger partial charge in [0.25, 0.3) is 5.91 Å². The van der Waals surface area contributed by atoms with Crippen LogP contribution in [-0.4, -0.2) is 50.9 Å². The summed E-state index contributed by atoms with van der Waals surface area (Å²) >= 11 is 0. The molecule has 1 aliphatic heterocycles. The van der Waals surface area contributed by atoms with Crippen LogP contribution in [0.25, 0.3) is 11.3 Å². The van der Waals surface area contributed by atoms with Gasteiger partial charge < -0.3 is 15.4 Å². The SMILES string of the molecule is CC(C)c1ccc(CC(=O)N2CCC(Oc3ccc(-c4cnn(C)n4)cc3C(N)=O)CC2)cc1. The molecule has 0 radical (unpaired) electrons. The van der Waals surface area contributed by atoms with E-state index in [1.54, 1.807) is 25.4 Å². The van der Waals surface area contributed by atoms with E-state index in [1.807, 2.05) is 23.1 Å². The highest BCUT2D eigenvalue weighted by molar-refractivity contribution is 5.97. The molecule has 8 nitrogen and oxygen atoms in total. The molecule has 2 N–H and O–H groups in total. The van der Waals surface area contributed by atoms with Gasteiger partial charge in [-0.05, 0) is 35.2 Å². The third-order valence-corrected chi connectivity index (χ3v) is 6.23. The Morgan fingerprint density at radius 3 is 2.41 bits per heavy atom. The lowest BCUT2D eigenvalue weighted by Gasteiger charge is -2.32. The van der Waals surface area contributed by atoms with Crippen LogP contribution in [0, 0.1) is 0 Å². The highest BCUT2D eigenvalue weighted by atomic mass is 16.5. The number of aryl methyl sites for hydroxylation is 1. The maximum Gasteiger partial charge on any atom is 0.252 e. The molecule has 1 aromatic heterocycles. The molecule has 1 fully saturated rings. The number of hydrogen-bond acceptors (Lipinski definition) is 5. The molecule has 2 heterocycles. The van der Waals surface area contributed by atoms with Crippen molar-refractivity contribution >= 4 is 11.8 Å². The van der Waals surface area contributed by atoms with Crippen molar-refractivity contribution in [1.82, 2.24) is 19.9 Å². The normalized spacial score (nSPS) is 14.4. The number of carbonyl (C=O) groups excluding carboxylic acids is 2. The average Bonchev–Trinajstić information content (AvgIpc) is 3.26. The largest absolute Gasteiger partial charge is 0.489 e. The van der Waals surface area contributed by atoms with Gasteiger partial charge in [-0.1, -0.05) is 38.1 Å². The second kappa shape index (κ2) is 10.1. The van der Waals surface area contributed by atoms with Crippen LogP contribution in [-0.2, 0) is 18.3 Å². The number of carbonyl (C=O) groups is 2. The maximum atomic E-state index is 12.8. The molecule has 2 aromatic carbocycles. The number of hydrogen-bond donors (Lipinski definition) is 1. The van der Waals surface area contributed by atoms with Gasteiger partial charge in [0, 0.05) is 38.5 Å². The first-order chi connectivity index (χ1) is 16.3. The van der Waals surface area contributed by atoms with Crippen LogP contribution in [0.5, 0.6) is 5.75 Å². The van der Waals surface area contributed by atoms with E-state index in [-0.39, 0.29) is 12.0 Å². The number of nitrogens with zero attached hydrogens (tertiary/aromatic N) is 4. The fourth-order valence-corrected chi connectivity index (χ4v) is 4.17. The molecule has 0 unspecified atom stereocenters. The third-order valence-electron chi connectivity index (χ3n) is 6.23. The molecule has 0 spiro atoms. The Morgan fingerprint density at radius 2 is 1.82 bits per heavy atom. The Labute approximate surface area is 199 Å². The van der Waals surface area contributed by atoms with E-state index in [1.165, 1.54) is 10.4 Å². The minimum atomic E-state index is -0.558. The van der Waals surface area contributed by atoms with Crippen LogP contribution < -0.4 is 10.5 Å². The molecular formula is C26H31N5O3. The van der Waals surface area contributed by atoms with Gasteiger partial charge in [-0.3, -0.25) is 9.59 Å². The first-order valence-corrected chi connectivity index (χ1v) is 11.6. The van der Waals surface area contributed by atoms with Crippen LogP contribution in [0.15, 0.2) is 48.7 Å². The van der Waals surface area contributed by atoms with Crippen molar-refractivity contribution in [2.45, 2.75) is 45.1 Å². The third kappa shape index (κ3) is 5.44. The smallest absolute Gasteiger partial charge is 0.252 e. The standard InChI is InChI=1S/C26H31N5O3/c1-17(2)19-6-4-18(5-7-19)14-25(32)31-12-10-21(11-13-31)34-24-9-8-20(15-22(24)26(27)33)23-16-28-30(3)29-23/h4-9,15-17,21H,10-14H2,1-3H3,(H2,27,33). The Morgan fingerprint density at radius 1 is 1.12 bits per heavy atom. The van der Waals surface area contributed by atoms with Crippen molar-refractivity contribution in [1.29, 1.82) is 0 Å². The van der Waals surface area contributed by atoms with Crippen LogP contribution in [0.1, 0.15) is 54.1 Å². The van der Waals surface area contributed by atoms with Gasteiger partial charge in [0.2, 0.25) is 5.91 Å². The zero-order valence-corrected chi connectivity index (χ0v) is 19.9. The number of amides is 2. The summed E-state index contributed by atoms with van der Waals surface area (Å²) in [6, 6.07) is 13.6. The van der Waals surface area contributed by atoms with Gasteiger partial charge in [-0.2, -0.15) is 15.0 Å². The van der Waals surface area contributed by atoms with E-state index < -0.39 is 5.91 Å². The van der Waals surface area contributed by atoms with Gasteiger partial charge in [0.15, 0.2) is 0 Å². The van der Waals surface area contributed by atoms with Crippen molar-refractivity contribution < 1.29 is 14.3 Å². The predicted octanol–water partition coefficient (Wildman–Crippen LogP) is 3.32. The number of aromatic nitrogens is 3. The summed E-state index contributed by atoms with van der Waals surface area (Å²) in [6.07, 6.45) is 3.34. The van der Waals surface area contributed by atoms with Crippen LogP contribution in [0.4, 0.5) is 0 Å². The number of primary amides is 1. The van der Waals surface area contributed by atoms with Crippen molar-refractivity contribution in [2.24, 2.45) is 12.8 Å². The number of likely N-dealkylation sites (tertiary alicyclic amines) is 1. The Hall–Kier alpha value is -3.68. The van der Waals surface area contributed by atoms with E-state index in [4.69, 9.17) is 10.5 Å². The van der Waals surface area contributed by atoms with Gasteiger partial charge in [-0.25, -0.2) is 0 Å². The Kier molecular flexibility index (Phi) is 6.95. The summed E-state index contributed by atoms with van der Waals surface area (Å²) in [5.74, 6) is 0.496. The summed E-state index contributed by atoms with van der Waals surface area (Å²) in [5.41, 5.74) is 9.63. The molecule has 0 atom stereocenters. The molecule has 34 heavy (non-hydrogen) atoms. The molecule has 1 aliphatic rings. The van der Waals surface area contributed by atoms with Gasteiger partial charge in [0.1, 0.15) is 17.5 Å². The van der Waals surface area contributed by atoms with Crippen molar-refractivity contribution in [2.75, 3.05) is 13.1 Å². The van der Waals surface area contributed by atoms with Crippen LogP contribution >= 0.6 is 0 Å². The zero-order chi connectivity index (χ0) is 24.2. The van der Waals surface area contributed by atoms with Crippen molar-refractivity contribution in [3.05, 3.63) is 65.4 Å². The zero-order valence-electron chi connectivity index (χ0n) is 19.9. The van der Waals surface area contributed by atoms with E-state index in [0.29, 0.717) is 55.3 Å². The second-order valence-electron chi connectivity index (χ2n) is 9.07. The molecule has 1 saturated heterocycles. The molecule has 4 rings (SSSR count). The van der Waals surface area contributed by atoms with E-state index in [0.717, 1.165) is 11.1 Å². The highest BCUT2D eigenvalue weighted by Crippen LogP contribution is 2.28. The van der Waals surface area contributed by atoms with E-state index in [2.05, 4.69) is 36.2 Å². The number of benzene rings is 2. The quantitative estimate of drug-likeness (QED) is 0.581. The molecule has 3 aromatic rings. The first kappa shape index (κ1) is 23.5. The topological polar surface area (TPSA) is 103 Å². The molecule has 2 amide bonds. The second-order valence-corrected chi connectivity index (χ2v) is 9.07.